The number of halogens is 1. The quantitative estimate of drug-likeness (QED) is 0.840. The van der Waals surface area contributed by atoms with Crippen molar-refractivity contribution < 1.29 is 23.1 Å². The third-order valence-corrected chi connectivity index (χ3v) is 5.10. The number of rotatable bonds is 3. The number of phenolic OH excluding ortho intramolecular Hbond substituents is 1. The highest BCUT2D eigenvalue weighted by Gasteiger charge is 2.21. The summed E-state index contributed by atoms with van der Waals surface area (Å²) in [5.74, 6) is -1.14. The van der Waals surface area contributed by atoms with Crippen molar-refractivity contribution in [1.29, 1.82) is 0 Å². The molecule has 0 bridgehead atoms. The summed E-state index contributed by atoms with van der Waals surface area (Å²) in [6.45, 7) is 0. The number of carbonyl (C=O) groups is 1. The first kappa shape index (κ1) is 15.5. The number of methoxy groups -OCH3 is 1. The highest BCUT2D eigenvalue weighted by Crippen LogP contribution is 2.27. The number of hydrogen-bond acceptors (Lipinski definition) is 5. The Morgan fingerprint density at radius 2 is 1.67 bits per heavy atom. The Morgan fingerprint density at radius 3 is 2.24 bits per heavy atom. The molecular weight excluding hydrogens is 360 g/mol. The second-order valence-corrected chi connectivity index (χ2v) is 6.99. The Hall–Kier alpha value is -1.86. The molecule has 7 heteroatoms. The van der Waals surface area contributed by atoms with Crippen LogP contribution in [-0.2, 0) is 14.6 Å². The molecule has 0 amide bonds. The van der Waals surface area contributed by atoms with Crippen molar-refractivity contribution in [3.05, 3.63) is 52.5 Å². The minimum Gasteiger partial charge on any atom is -0.507 e. The van der Waals surface area contributed by atoms with E-state index in [2.05, 4.69) is 20.7 Å². The van der Waals surface area contributed by atoms with Gasteiger partial charge in [-0.1, -0.05) is 15.9 Å². The summed E-state index contributed by atoms with van der Waals surface area (Å²) in [4.78, 5) is 11.5. The van der Waals surface area contributed by atoms with Gasteiger partial charge in [-0.05, 0) is 42.5 Å². The standard InChI is InChI=1S/C14H11BrO5S/c1-20-14(17)12-8-11(6-7-13(12)16)21(18,19)10-4-2-9(15)3-5-10/h2-8,16H,1H3. The number of carbonyl (C=O) groups excluding carboxylic acids is 1. The Kier molecular flexibility index (Phi) is 4.34. The van der Waals surface area contributed by atoms with Crippen LogP contribution in [0.25, 0.3) is 0 Å². The predicted molar refractivity (Wildman–Crippen MR) is 79.0 cm³/mol. The molecule has 0 aromatic heterocycles. The van der Waals surface area contributed by atoms with Gasteiger partial charge in [0.2, 0.25) is 9.84 Å². The van der Waals surface area contributed by atoms with Gasteiger partial charge in [-0.3, -0.25) is 0 Å². The third kappa shape index (κ3) is 3.08. The zero-order valence-corrected chi connectivity index (χ0v) is 13.3. The highest BCUT2D eigenvalue weighted by atomic mass is 79.9. The second kappa shape index (κ2) is 5.87. The molecule has 0 fully saturated rings. The number of esters is 1. The molecule has 2 aromatic carbocycles. The zero-order chi connectivity index (χ0) is 15.6. The molecule has 0 spiro atoms. The molecule has 0 radical (unpaired) electrons. The van der Waals surface area contributed by atoms with Gasteiger partial charge in [0.05, 0.1) is 16.9 Å². The summed E-state index contributed by atoms with van der Waals surface area (Å²) in [7, 11) is -2.63. The first-order valence-corrected chi connectivity index (χ1v) is 8.06. The molecule has 21 heavy (non-hydrogen) atoms. The molecule has 0 aliphatic rings. The van der Waals surface area contributed by atoms with E-state index in [1.165, 1.54) is 18.2 Å². The SMILES string of the molecule is COC(=O)c1cc(S(=O)(=O)c2ccc(Br)cc2)ccc1O. The molecule has 0 heterocycles. The van der Waals surface area contributed by atoms with Crippen molar-refractivity contribution in [2.45, 2.75) is 9.79 Å². The average Bonchev–Trinajstić information content (AvgIpc) is 2.47. The normalized spacial score (nSPS) is 11.1. The molecule has 0 aliphatic carbocycles. The minimum atomic E-state index is -3.78. The van der Waals surface area contributed by atoms with Crippen molar-refractivity contribution in [2.75, 3.05) is 7.11 Å². The largest absolute Gasteiger partial charge is 0.507 e. The molecule has 0 saturated heterocycles. The molecule has 2 rings (SSSR count). The van der Waals surface area contributed by atoms with Crippen molar-refractivity contribution in [2.24, 2.45) is 0 Å². The van der Waals surface area contributed by atoms with E-state index in [1.807, 2.05) is 0 Å². The fraction of sp³-hybridized carbons (Fsp3) is 0.0714. The summed E-state index contributed by atoms with van der Waals surface area (Å²) in [5, 5.41) is 9.61. The molecule has 0 saturated carbocycles. The number of benzene rings is 2. The van der Waals surface area contributed by atoms with Gasteiger partial charge in [0, 0.05) is 4.47 Å². The first-order valence-electron chi connectivity index (χ1n) is 5.78. The van der Waals surface area contributed by atoms with Crippen molar-refractivity contribution >= 4 is 31.7 Å². The van der Waals surface area contributed by atoms with Gasteiger partial charge >= 0.3 is 5.97 Å². The van der Waals surface area contributed by atoms with Crippen LogP contribution in [0.4, 0.5) is 0 Å². The molecule has 2 aromatic rings. The van der Waals surface area contributed by atoms with Crippen LogP contribution in [0, 0.1) is 0 Å². The van der Waals surface area contributed by atoms with Crippen molar-refractivity contribution in [1.82, 2.24) is 0 Å². The van der Waals surface area contributed by atoms with Gasteiger partial charge < -0.3 is 9.84 Å². The monoisotopic (exact) mass is 370 g/mol. The first-order chi connectivity index (χ1) is 9.86. The average molecular weight is 371 g/mol. The molecule has 110 valence electrons. The third-order valence-electron chi connectivity index (χ3n) is 2.81. The number of phenols is 1. The number of ether oxygens (including phenoxy) is 1. The Morgan fingerprint density at radius 1 is 1.10 bits per heavy atom. The van der Waals surface area contributed by atoms with Crippen LogP contribution in [0.2, 0.25) is 0 Å². The van der Waals surface area contributed by atoms with Crippen LogP contribution in [-0.4, -0.2) is 26.6 Å². The summed E-state index contributed by atoms with van der Waals surface area (Å²) < 4.78 is 30.2. The Balaban J connectivity index is 2.55. The fourth-order valence-electron chi connectivity index (χ4n) is 1.71. The summed E-state index contributed by atoms with van der Waals surface area (Å²) in [5.41, 5.74) is -0.198. The molecule has 1 N–H and O–H groups in total. The smallest absolute Gasteiger partial charge is 0.341 e. The zero-order valence-electron chi connectivity index (χ0n) is 10.9. The van der Waals surface area contributed by atoms with Gasteiger partial charge in [0.1, 0.15) is 11.3 Å². The summed E-state index contributed by atoms with van der Waals surface area (Å²) in [6.07, 6.45) is 0. The fourth-order valence-corrected chi connectivity index (χ4v) is 3.26. The number of sulfone groups is 1. The van der Waals surface area contributed by atoms with Crippen LogP contribution >= 0.6 is 15.9 Å². The Bertz CT molecular complexity index is 782. The van der Waals surface area contributed by atoms with E-state index in [4.69, 9.17) is 0 Å². The lowest BCUT2D eigenvalue weighted by atomic mass is 10.2. The van der Waals surface area contributed by atoms with E-state index in [0.717, 1.165) is 23.7 Å². The summed E-state index contributed by atoms with van der Waals surface area (Å²) >= 11 is 3.23. The van der Waals surface area contributed by atoms with Gasteiger partial charge in [0.15, 0.2) is 0 Å². The van der Waals surface area contributed by atoms with E-state index in [0.29, 0.717) is 0 Å². The summed E-state index contributed by atoms with van der Waals surface area (Å²) in [6, 6.07) is 9.59. The lowest BCUT2D eigenvalue weighted by molar-refractivity contribution is 0.0597. The number of hydrogen-bond donors (Lipinski definition) is 1. The molecule has 0 unspecified atom stereocenters. The van der Waals surface area contributed by atoms with Crippen LogP contribution in [0.1, 0.15) is 10.4 Å². The highest BCUT2D eigenvalue weighted by molar-refractivity contribution is 9.10. The van der Waals surface area contributed by atoms with Crippen molar-refractivity contribution in [3.63, 3.8) is 0 Å². The van der Waals surface area contributed by atoms with E-state index < -0.39 is 15.8 Å². The maximum Gasteiger partial charge on any atom is 0.341 e. The van der Waals surface area contributed by atoms with Gasteiger partial charge in [0.25, 0.3) is 0 Å². The maximum absolute atomic E-state index is 12.5. The van der Waals surface area contributed by atoms with Crippen LogP contribution in [0.5, 0.6) is 5.75 Å². The maximum atomic E-state index is 12.5. The lowest BCUT2D eigenvalue weighted by Crippen LogP contribution is -2.06. The lowest BCUT2D eigenvalue weighted by Gasteiger charge is -2.08. The van der Waals surface area contributed by atoms with E-state index in [9.17, 15) is 18.3 Å². The van der Waals surface area contributed by atoms with Gasteiger partial charge in [-0.15, -0.1) is 0 Å². The van der Waals surface area contributed by atoms with Crippen LogP contribution < -0.4 is 0 Å². The Labute approximate surface area is 130 Å². The minimum absolute atomic E-state index is 0.0900. The number of aromatic hydroxyl groups is 1. The molecule has 0 aliphatic heterocycles. The van der Waals surface area contributed by atoms with Gasteiger partial charge in [-0.25, -0.2) is 13.2 Å². The predicted octanol–water partition coefficient (Wildman–Crippen LogP) is 2.77. The van der Waals surface area contributed by atoms with Crippen LogP contribution in [0.3, 0.4) is 0 Å². The van der Waals surface area contributed by atoms with Gasteiger partial charge in [-0.2, -0.15) is 0 Å². The van der Waals surface area contributed by atoms with E-state index in [-0.39, 0.29) is 21.1 Å². The van der Waals surface area contributed by atoms with Crippen molar-refractivity contribution in [3.8, 4) is 5.75 Å². The second-order valence-electron chi connectivity index (χ2n) is 4.13. The topological polar surface area (TPSA) is 80.7 Å². The molecule has 5 nitrogen and oxygen atoms in total. The molecule has 0 atom stereocenters. The van der Waals surface area contributed by atoms with E-state index >= 15 is 0 Å². The van der Waals surface area contributed by atoms with Crippen LogP contribution in [0.15, 0.2) is 56.7 Å². The molecular formula is C14H11BrO5S. The van der Waals surface area contributed by atoms with E-state index in [1.54, 1.807) is 12.1 Å².